The van der Waals surface area contributed by atoms with Crippen LogP contribution in [0.25, 0.3) is 0 Å². The fraction of sp³-hybridized carbons (Fsp3) is 0.462. The number of hydrogen-bond acceptors (Lipinski definition) is 2. The Morgan fingerprint density at radius 3 is 2.61 bits per heavy atom. The van der Waals surface area contributed by atoms with E-state index in [1.807, 2.05) is 13.8 Å². The number of amides is 1. The Hall–Kier alpha value is -0.580. The molecule has 0 bridgehead atoms. The largest absolute Gasteiger partial charge is 0.386 e. The lowest BCUT2D eigenvalue weighted by molar-refractivity contribution is -0.110. The van der Waals surface area contributed by atoms with Gasteiger partial charge in [0, 0.05) is 9.50 Å². The number of nitrogens with zero attached hydrogens (tertiary/aromatic N) is 1. The highest BCUT2D eigenvalue weighted by molar-refractivity contribution is 9.10. The molecule has 1 aromatic carbocycles. The summed E-state index contributed by atoms with van der Waals surface area (Å²) in [5, 5.41) is 10.7. The second-order valence-electron chi connectivity index (χ2n) is 5.04. The van der Waals surface area contributed by atoms with Crippen LogP contribution in [0.3, 0.4) is 0 Å². The zero-order valence-electron chi connectivity index (χ0n) is 10.3. The zero-order valence-corrected chi connectivity index (χ0v) is 12.6. The summed E-state index contributed by atoms with van der Waals surface area (Å²) in [6.45, 7) is 4.69. The summed E-state index contributed by atoms with van der Waals surface area (Å²) in [6, 6.07) is 5.08. The molecule has 1 amide bonds. The standard InChI is InChI=1S/C13H15BrClNO2/c1-8(2)13(18)6-16(7-13)12(17)10-4-3-9(15)5-11(10)14/h3-5,8,18H,6-7H2,1-2H3. The van der Waals surface area contributed by atoms with Gasteiger partial charge in [0.05, 0.1) is 18.7 Å². The molecular weight excluding hydrogens is 318 g/mol. The number of likely N-dealkylation sites (tertiary alicyclic amines) is 1. The fourth-order valence-electron chi connectivity index (χ4n) is 1.96. The number of aliphatic hydroxyl groups is 1. The van der Waals surface area contributed by atoms with Gasteiger partial charge in [-0.1, -0.05) is 25.4 Å². The lowest BCUT2D eigenvalue weighted by Gasteiger charge is -2.49. The van der Waals surface area contributed by atoms with Crippen LogP contribution in [0.2, 0.25) is 5.02 Å². The minimum absolute atomic E-state index is 0.0798. The van der Waals surface area contributed by atoms with Gasteiger partial charge in [0.25, 0.3) is 5.91 Å². The van der Waals surface area contributed by atoms with Crippen LogP contribution in [-0.4, -0.2) is 34.6 Å². The van der Waals surface area contributed by atoms with E-state index in [-0.39, 0.29) is 11.8 Å². The highest BCUT2D eigenvalue weighted by Crippen LogP contribution is 2.31. The van der Waals surface area contributed by atoms with Crippen LogP contribution in [-0.2, 0) is 0 Å². The second kappa shape index (κ2) is 4.83. The maximum Gasteiger partial charge on any atom is 0.255 e. The molecule has 1 aromatic rings. The first-order valence-corrected chi connectivity index (χ1v) is 6.97. The molecule has 98 valence electrons. The van der Waals surface area contributed by atoms with Crippen molar-refractivity contribution < 1.29 is 9.90 Å². The van der Waals surface area contributed by atoms with Crippen LogP contribution in [0.4, 0.5) is 0 Å². The number of benzene rings is 1. The quantitative estimate of drug-likeness (QED) is 0.904. The molecule has 0 spiro atoms. The van der Waals surface area contributed by atoms with Crippen molar-refractivity contribution in [3.63, 3.8) is 0 Å². The predicted octanol–water partition coefficient (Wildman–Crippen LogP) is 2.95. The summed E-state index contributed by atoms with van der Waals surface area (Å²) >= 11 is 9.17. The molecule has 1 heterocycles. The van der Waals surface area contributed by atoms with Crippen molar-refractivity contribution in [2.24, 2.45) is 5.92 Å². The van der Waals surface area contributed by atoms with Crippen LogP contribution in [0, 0.1) is 5.92 Å². The molecule has 5 heteroatoms. The van der Waals surface area contributed by atoms with E-state index in [1.165, 1.54) is 0 Å². The fourth-order valence-corrected chi connectivity index (χ4v) is 2.81. The van der Waals surface area contributed by atoms with Gasteiger partial charge in [-0.2, -0.15) is 0 Å². The molecule has 0 saturated carbocycles. The van der Waals surface area contributed by atoms with Gasteiger partial charge in [-0.05, 0) is 40.0 Å². The Balaban J connectivity index is 2.11. The predicted molar refractivity (Wildman–Crippen MR) is 74.8 cm³/mol. The third kappa shape index (κ3) is 2.42. The van der Waals surface area contributed by atoms with Gasteiger partial charge in [0.2, 0.25) is 0 Å². The second-order valence-corrected chi connectivity index (χ2v) is 6.33. The lowest BCUT2D eigenvalue weighted by Crippen LogP contribution is -2.66. The minimum atomic E-state index is -0.742. The number of β-amino-alcohol motifs (C(OH)–C–C–N with tert-alkyl or cyclic N) is 1. The van der Waals surface area contributed by atoms with E-state index >= 15 is 0 Å². The lowest BCUT2D eigenvalue weighted by atomic mass is 9.82. The highest BCUT2D eigenvalue weighted by Gasteiger charge is 2.46. The molecule has 1 aliphatic heterocycles. The maximum atomic E-state index is 12.2. The third-order valence-corrected chi connectivity index (χ3v) is 4.34. The first kappa shape index (κ1) is 13.8. The molecule has 0 radical (unpaired) electrons. The van der Waals surface area contributed by atoms with E-state index in [0.29, 0.717) is 28.1 Å². The minimum Gasteiger partial charge on any atom is -0.386 e. The van der Waals surface area contributed by atoms with Gasteiger partial charge >= 0.3 is 0 Å². The van der Waals surface area contributed by atoms with Crippen molar-refractivity contribution in [2.45, 2.75) is 19.4 Å². The molecule has 0 aliphatic carbocycles. The monoisotopic (exact) mass is 331 g/mol. The molecule has 3 nitrogen and oxygen atoms in total. The van der Waals surface area contributed by atoms with E-state index in [1.54, 1.807) is 23.1 Å². The average molecular weight is 333 g/mol. The Bertz CT molecular complexity index is 484. The van der Waals surface area contributed by atoms with Gasteiger partial charge < -0.3 is 10.0 Å². The summed E-state index contributed by atoms with van der Waals surface area (Å²) in [5.41, 5.74) is -0.167. The molecule has 2 rings (SSSR count). The SMILES string of the molecule is CC(C)C1(O)CN(C(=O)c2ccc(Cl)cc2Br)C1. The van der Waals surface area contributed by atoms with Crippen molar-refractivity contribution in [1.82, 2.24) is 4.90 Å². The van der Waals surface area contributed by atoms with Gasteiger partial charge in [-0.3, -0.25) is 4.79 Å². The van der Waals surface area contributed by atoms with Crippen LogP contribution >= 0.6 is 27.5 Å². The first-order valence-electron chi connectivity index (χ1n) is 5.80. The number of carbonyl (C=O) groups is 1. The number of halogens is 2. The van der Waals surface area contributed by atoms with E-state index in [4.69, 9.17) is 11.6 Å². The van der Waals surface area contributed by atoms with E-state index in [2.05, 4.69) is 15.9 Å². The molecular formula is C13H15BrClNO2. The van der Waals surface area contributed by atoms with Crippen LogP contribution in [0.5, 0.6) is 0 Å². The van der Waals surface area contributed by atoms with E-state index in [0.717, 1.165) is 0 Å². The molecule has 0 unspecified atom stereocenters. The van der Waals surface area contributed by atoms with Crippen LogP contribution in [0.1, 0.15) is 24.2 Å². The van der Waals surface area contributed by atoms with Gasteiger partial charge in [-0.25, -0.2) is 0 Å². The molecule has 1 aliphatic rings. The zero-order chi connectivity index (χ0) is 13.5. The van der Waals surface area contributed by atoms with Crippen LogP contribution < -0.4 is 0 Å². The van der Waals surface area contributed by atoms with Crippen molar-refractivity contribution in [2.75, 3.05) is 13.1 Å². The number of carbonyl (C=O) groups excluding carboxylic acids is 1. The molecule has 0 aromatic heterocycles. The van der Waals surface area contributed by atoms with E-state index in [9.17, 15) is 9.90 Å². The molecule has 1 N–H and O–H groups in total. The summed E-state index contributed by atoms with van der Waals surface area (Å²) < 4.78 is 0.681. The highest BCUT2D eigenvalue weighted by atomic mass is 79.9. The van der Waals surface area contributed by atoms with Crippen molar-refractivity contribution in [1.29, 1.82) is 0 Å². The molecule has 1 fully saturated rings. The Kier molecular flexibility index (Phi) is 3.72. The average Bonchev–Trinajstić information content (AvgIpc) is 2.23. The number of rotatable bonds is 2. The maximum absolute atomic E-state index is 12.2. The first-order chi connectivity index (χ1) is 8.33. The smallest absolute Gasteiger partial charge is 0.255 e. The molecule has 18 heavy (non-hydrogen) atoms. The summed E-state index contributed by atoms with van der Waals surface area (Å²) in [7, 11) is 0. The van der Waals surface area contributed by atoms with Gasteiger partial charge in [0.15, 0.2) is 0 Å². The van der Waals surface area contributed by atoms with Crippen LogP contribution in [0.15, 0.2) is 22.7 Å². The van der Waals surface area contributed by atoms with E-state index < -0.39 is 5.60 Å². The Morgan fingerprint density at radius 1 is 1.50 bits per heavy atom. The van der Waals surface area contributed by atoms with Crippen molar-refractivity contribution in [3.8, 4) is 0 Å². The topological polar surface area (TPSA) is 40.5 Å². The molecule has 0 atom stereocenters. The van der Waals surface area contributed by atoms with Crippen molar-refractivity contribution >= 4 is 33.4 Å². The third-order valence-electron chi connectivity index (χ3n) is 3.45. The number of hydrogen-bond donors (Lipinski definition) is 1. The summed E-state index contributed by atoms with van der Waals surface area (Å²) in [5.74, 6) is 0.0686. The summed E-state index contributed by atoms with van der Waals surface area (Å²) in [6.07, 6.45) is 0. The van der Waals surface area contributed by atoms with Gasteiger partial charge in [-0.15, -0.1) is 0 Å². The van der Waals surface area contributed by atoms with Gasteiger partial charge in [0.1, 0.15) is 5.60 Å². The Morgan fingerprint density at radius 2 is 2.11 bits per heavy atom. The summed E-state index contributed by atoms with van der Waals surface area (Å²) in [4.78, 5) is 13.9. The normalized spacial score (nSPS) is 17.8. The Labute approximate surface area is 120 Å². The van der Waals surface area contributed by atoms with Crippen molar-refractivity contribution in [3.05, 3.63) is 33.3 Å². The molecule has 1 saturated heterocycles.